The third-order valence-corrected chi connectivity index (χ3v) is 7.52. The van der Waals surface area contributed by atoms with Gasteiger partial charge in [-0.15, -0.1) is 11.8 Å². The highest BCUT2D eigenvalue weighted by Crippen LogP contribution is 2.25. The number of rotatable bonds is 8. The van der Waals surface area contributed by atoms with Crippen LogP contribution in [-0.4, -0.2) is 46.3 Å². The van der Waals surface area contributed by atoms with Gasteiger partial charge >= 0.3 is 0 Å². The second kappa shape index (κ2) is 9.78. The zero-order valence-electron chi connectivity index (χ0n) is 16.4. The van der Waals surface area contributed by atoms with Gasteiger partial charge in [0.25, 0.3) is 0 Å². The lowest BCUT2D eigenvalue weighted by molar-refractivity contribution is 0.177. The van der Waals surface area contributed by atoms with Crippen LogP contribution in [0.5, 0.6) is 5.75 Å². The van der Waals surface area contributed by atoms with Crippen molar-refractivity contribution in [3.05, 3.63) is 54.1 Å². The van der Waals surface area contributed by atoms with E-state index in [0.717, 1.165) is 32.5 Å². The molecular formula is C21H28N2O3S2. The smallest absolute Gasteiger partial charge is 0.244 e. The van der Waals surface area contributed by atoms with Crippen LogP contribution in [0.4, 0.5) is 0 Å². The second-order valence-corrected chi connectivity index (χ2v) is 9.62. The van der Waals surface area contributed by atoms with E-state index in [9.17, 15) is 8.42 Å². The molecule has 0 bridgehead atoms. The van der Waals surface area contributed by atoms with Crippen molar-refractivity contribution in [2.24, 2.45) is 5.92 Å². The Morgan fingerprint density at radius 2 is 1.79 bits per heavy atom. The molecule has 7 heteroatoms. The van der Waals surface area contributed by atoms with Crippen LogP contribution in [0, 0.1) is 5.92 Å². The minimum atomic E-state index is -3.56. The van der Waals surface area contributed by atoms with Gasteiger partial charge in [0, 0.05) is 18.0 Å². The van der Waals surface area contributed by atoms with Gasteiger partial charge in [0.15, 0.2) is 0 Å². The van der Waals surface area contributed by atoms with E-state index in [1.807, 2.05) is 0 Å². The minimum absolute atomic E-state index is 0.198. The molecule has 3 rings (SSSR count). The molecule has 1 N–H and O–H groups in total. The van der Waals surface area contributed by atoms with Gasteiger partial charge in [0.1, 0.15) is 10.6 Å². The molecule has 1 aliphatic heterocycles. The number of piperidine rings is 1. The van der Waals surface area contributed by atoms with Gasteiger partial charge in [0.05, 0.1) is 7.11 Å². The first-order chi connectivity index (χ1) is 13.5. The fourth-order valence-electron chi connectivity index (χ4n) is 3.57. The van der Waals surface area contributed by atoms with E-state index in [4.69, 9.17) is 4.74 Å². The Labute approximate surface area is 172 Å². The number of nitrogens with zero attached hydrogens (tertiary/aromatic N) is 1. The Bertz CT molecular complexity index is 879. The van der Waals surface area contributed by atoms with Crippen LogP contribution in [0.1, 0.15) is 18.4 Å². The molecular weight excluding hydrogens is 392 g/mol. The third-order valence-electron chi connectivity index (χ3n) is 5.21. The van der Waals surface area contributed by atoms with E-state index < -0.39 is 10.0 Å². The van der Waals surface area contributed by atoms with Gasteiger partial charge in [-0.25, -0.2) is 13.1 Å². The first-order valence-electron chi connectivity index (χ1n) is 9.50. The Balaban J connectivity index is 1.52. The van der Waals surface area contributed by atoms with Crippen molar-refractivity contribution in [3.8, 4) is 5.75 Å². The monoisotopic (exact) mass is 420 g/mol. The molecule has 0 unspecified atom stereocenters. The van der Waals surface area contributed by atoms with Crippen molar-refractivity contribution in [3.63, 3.8) is 0 Å². The SMILES string of the molecule is COc1ccccc1S(=O)(=O)NCC1CCN(Cc2ccccc2SC)CC1. The maximum Gasteiger partial charge on any atom is 0.244 e. The number of benzene rings is 2. The molecule has 152 valence electrons. The number of hydrogen-bond donors (Lipinski definition) is 1. The first-order valence-corrected chi connectivity index (χ1v) is 12.2. The van der Waals surface area contributed by atoms with E-state index in [2.05, 4.69) is 40.1 Å². The summed E-state index contributed by atoms with van der Waals surface area (Å²) in [4.78, 5) is 3.98. The Morgan fingerprint density at radius 1 is 1.11 bits per heavy atom. The van der Waals surface area contributed by atoms with Crippen LogP contribution in [0.3, 0.4) is 0 Å². The molecule has 28 heavy (non-hydrogen) atoms. The summed E-state index contributed by atoms with van der Waals surface area (Å²) in [6.07, 6.45) is 4.10. The lowest BCUT2D eigenvalue weighted by Crippen LogP contribution is -2.38. The van der Waals surface area contributed by atoms with Crippen LogP contribution >= 0.6 is 11.8 Å². The lowest BCUT2D eigenvalue weighted by atomic mass is 9.97. The highest BCUT2D eigenvalue weighted by molar-refractivity contribution is 7.98. The third kappa shape index (κ3) is 5.29. The quantitative estimate of drug-likeness (QED) is 0.661. The first kappa shape index (κ1) is 21.2. The van der Waals surface area contributed by atoms with Gasteiger partial charge in [-0.1, -0.05) is 30.3 Å². The summed E-state index contributed by atoms with van der Waals surface area (Å²) in [7, 11) is -2.08. The number of sulfonamides is 1. The van der Waals surface area contributed by atoms with Crippen LogP contribution in [0.15, 0.2) is 58.3 Å². The highest BCUT2D eigenvalue weighted by atomic mass is 32.2. The highest BCUT2D eigenvalue weighted by Gasteiger charge is 2.24. The van der Waals surface area contributed by atoms with Crippen molar-refractivity contribution >= 4 is 21.8 Å². The lowest BCUT2D eigenvalue weighted by Gasteiger charge is -2.32. The number of para-hydroxylation sites is 1. The van der Waals surface area contributed by atoms with E-state index >= 15 is 0 Å². The average Bonchev–Trinajstić information content (AvgIpc) is 2.73. The molecule has 1 aliphatic rings. The molecule has 0 radical (unpaired) electrons. The molecule has 0 spiro atoms. The minimum Gasteiger partial charge on any atom is -0.495 e. The molecule has 1 saturated heterocycles. The van der Waals surface area contributed by atoms with Crippen molar-refractivity contribution in [2.45, 2.75) is 29.2 Å². The van der Waals surface area contributed by atoms with Gasteiger partial charge in [-0.05, 0) is 61.9 Å². The zero-order chi connectivity index (χ0) is 20.0. The van der Waals surface area contributed by atoms with E-state index in [1.165, 1.54) is 17.6 Å². The van der Waals surface area contributed by atoms with Crippen LogP contribution in [0.25, 0.3) is 0 Å². The summed E-state index contributed by atoms with van der Waals surface area (Å²) >= 11 is 1.78. The largest absolute Gasteiger partial charge is 0.495 e. The van der Waals surface area contributed by atoms with Crippen LogP contribution in [-0.2, 0) is 16.6 Å². The molecule has 0 atom stereocenters. The summed E-state index contributed by atoms with van der Waals surface area (Å²) in [6.45, 7) is 3.40. The number of methoxy groups -OCH3 is 1. The van der Waals surface area contributed by atoms with Crippen molar-refractivity contribution < 1.29 is 13.2 Å². The predicted octanol–water partition coefficient (Wildman–Crippen LogP) is 3.61. The Kier molecular flexibility index (Phi) is 7.40. The molecule has 0 saturated carbocycles. The topological polar surface area (TPSA) is 58.6 Å². The number of ether oxygens (including phenoxy) is 1. The second-order valence-electron chi connectivity index (χ2n) is 7.03. The van der Waals surface area contributed by atoms with Crippen molar-refractivity contribution in [2.75, 3.05) is 33.0 Å². The summed E-state index contributed by atoms with van der Waals surface area (Å²) in [5, 5.41) is 0. The van der Waals surface area contributed by atoms with E-state index in [0.29, 0.717) is 18.2 Å². The predicted molar refractivity (Wildman–Crippen MR) is 114 cm³/mol. The maximum atomic E-state index is 12.6. The van der Waals surface area contributed by atoms with Gasteiger partial charge < -0.3 is 4.74 Å². The maximum absolute atomic E-state index is 12.6. The normalized spacial score (nSPS) is 16.2. The summed E-state index contributed by atoms with van der Waals surface area (Å²) in [5.41, 5.74) is 1.37. The van der Waals surface area contributed by atoms with Crippen LogP contribution in [0.2, 0.25) is 0 Å². The summed E-state index contributed by atoms with van der Waals surface area (Å²) in [6, 6.07) is 15.2. The van der Waals surface area contributed by atoms with E-state index in [1.54, 1.807) is 36.0 Å². The average molecular weight is 421 g/mol. The number of nitrogens with one attached hydrogen (secondary N) is 1. The molecule has 2 aromatic rings. The van der Waals surface area contributed by atoms with Crippen molar-refractivity contribution in [1.29, 1.82) is 0 Å². The fourth-order valence-corrected chi connectivity index (χ4v) is 5.46. The van der Waals surface area contributed by atoms with Gasteiger partial charge in [-0.3, -0.25) is 4.90 Å². The number of hydrogen-bond acceptors (Lipinski definition) is 5. The summed E-state index contributed by atoms with van der Waals surface area (Å²) < 4.78 is 33.2. The van der Waals surface area contributed by atoms with Gasteiger partial charge in [0.2, 0.25) is 10.0 Å². The molecule has 1 fully saturated rings. The zero-order valence-corrected chi connectivity index (χ0v) is 18.1. The number of thioether (sulfide) groups is 1. The van der Waals surface area contributed by atoms with Crippen molar-refractivity contribution in [1.82, 2.24) is 9.62 Å². The van der Waals surface area contributed by atoms with E-state index in [-0.39, 0.29) is 4.90 Å². The molecule has 0 aliphatic carbocycles. The molecule has 0 amide bonds. The number of likely N-dealkylation sites (tertiary alicyclic amines) is 1. The molecule has 0 aromatic heterocycles. The molecule has 5 nitrogen and oxygen atoms in total. The fraction of sp³-hybridized carbons (Fsp3) is 0.429. The Morgan fingerprint density at radius 3 is 2.50 bits per heavy atom. The molecule has 1 heterocycles. The molecule has 2 aromatic carbocycles. The standard InChI is InChI=1S/C21H28N2O3S2/c1-26-19-8-4-6-10-21(19)28(24,25)22-15-17-11-13-23(14-12-17)16-18-7-3-5-9-20(18)27-2/h3-10,17,22H,11-16H2,1-2H3. The van der Waals surface area contributed by atoms with Gasteiger partial charge in [-0.2, -0.15) is 0 Å². The van der Waals surface area contributed by atoms with Crippen LogP contribution < -0.4 is 9.46 Å². The Hall–Kier alpha value is -1.54. The summed E-state index contributed by atoms with van der Waals surface area (Å²) in [5.74, 6) is 0.730.